The third kappa shape index (κ3) is 1.48. The Bertz CT molecular complexity index is 755. The van der Waals surface area contributed by atoms with Crippen molar-refractivity contribution >= 4 is 16.9 Å². The van der Waals surface area contributed by atoms with Gasteiger partial charge in [0.1, 0.15) is 11.7 Å². The number of ether oxygens (including phenoxy) is 1. The molecular formula is C16H11NO2. The molecule has 1 unspecified atom stereocenters. The van der Waals surface area contributed by atoms with Crippen LogP contribution in [0.5, 0.6) is 5.75 Å². The summed E-state index contributed by atoms with van der Waals surface area (Å²) < 4.78 is 5.31. The molecule has 1 N–H and O–H groups in total. The maximum atomic E-state index is 12.1. The zero-order valence-electron chi connectivity index (χ0n) is 10.1. The fourth-order valence-corrected chi connectivity index (χ4v) is 2.65. The van der Waals surface area contributed by atoms with E-state index in [-0.39, 0.29) is 11.9 Å². The summed E-state index contributed by atoms with van der Waals surface area (Å²) in [7, 11) is 0. The number of nitrogens with one attached hydrogen (secondary N) is 1. The van der Waals surface area contributed by atoms with Crippen molar-refractivity contribution in [2.45, 2.75) is 5.92 Å². The number of aromatic nitrogens is 1. The predicted molar refractivity (Wildman–Crippen MR) is 72.2 cm³/mol. The Hall–Kier alpha value is -2.55. The molecule has 0 radical (unpaired) electrons. The monoisotopic (exact) mass is 249 g/mol. The maximum absolute atomic E-state index is 12.1. The SMILES string of the molecule is O=C1Oc2ccccc2C1c1cc2ccccc2[nH]1. The largest absolute Gasteiger partial charge is 0.425 e. The topological polar surface area (TPSA) is 42.1 Å². The van der Waals surface area contributed by atoms with Crippen LogP contribution in [0, 0.1) is 0 Å². The minimum atomic E-state index is -0.344. The lowest BCUT2D eigenvalue weighted by atomic mass is 9.97. The van der Waals surface area contributed by atoms with Gasteiger partial charge < -0.3 is 9.72 Å². The van der Waals surface area contributed by atoms with Crippen molar-refractivity contribution in [1.82, 2.24) is 4.98 Å². The highest BCUT2D eigenvalue weighted by molar-refractivity contribution is 5.91. The Balaban J connectivity index is 1.90. The second kappa shape index (κ2) is 3.72. The van der Waals surface area contributed by atoms with Crippen LogP contribution in [0.4, 0.5) is 0 Å². The van der Waals surface area contributed by atoms with Crippen molar-refractivity contribution in [3.8, 4) is 5.75 Å². The van der Waals surface area contributed by atoms with Gasteiger partial charge in [-0.1, -0.05) is 36.4 Å². The summed E-state index contributed by atoms with van der Waals surface area (Å²) in [4.78, 5) is 15.4. The first-order valence-corrected chi connectivity index (χ1v) is 6.21. The average molecular weight is 249 g/mol. The molecule has 0 saturated heterocycles. The van der Waals surface area contributed by atoms with Crippen LogP contribution in [-0.2, 0) is 4.79 Å². The van der Waals surface area contributed by atoms with E-state index in [1.807, 2.05) is 54.6 Å². The molecule has 3 aromatic rings. The van der Waals surface area contributed by atoms with Crippen LogP contribution in [0.15, 0.2) is 54.6 Å². The summed E-state index contributed by atoms with van der Waals surface area (Å²) in [6.45, 7) is 0. The zero-order valence-corrected chi connectivity index (χ0v) is 10.1. The molecule has 92 valence electrons. The Labute approximate surface area is 109 Å². The molecule has 2 heterocycles. The van der Waals surface area contributed by atoms with Crippen LogP contribution in [0.25, 0.3) is 10.9 Å². The summed E-state index contributed by atoms with van der Waals surface area (Å²) >= 11 is 0. The van der Waals surface area contributed by atoms with Crippen LogP contribution >= 0.6 is 0 Å². The fourth-order valence-electron chi connectivity index (χ4n) is 2.65. The van der Waals surface area contributed by atoms with E-state index in [0.717, 1.165) is 22.2 Å². The minimum absolute atomic E-state index is 0.215. The molecule has 0 saturated carbocycles. The minimum Gasteiger partial charge on any atom is -0.425 e. The first-order valence-electron chi connectivity index (χ1n) is 6.21. The second-order valence-electron chi connectivity index (χ2n) is 4.70. The molecule has 0 spiro atoms. The summed E-state index contributed by atoms with van der Waals surface area (Å²) in [5.41, 5.74) is 2.85. The molecule has 1 atom stereocenters. The highest BCUT2D eigenvalue weighted by atomic mass is 16.5. The molecule has 4 rings (SSSR count). The van der Waals surface area contributed by atoms with E-state index in [2.05, 4.69) is 4.98 Å². The molecule has 0 amide bonds. The Morgan fingerprint density at radius 3 is 2.68 bits per heavy atom. The maximum Gasteiger partial charge on any atom is 0.325 e. The lowest BCUT2D eigenvalue weighted by Crippen LogP contribution is -2.11. The molecule has 19 heavy (non-hydrogen) atoms. The number of aromatic amines is 1. The lowest BCUT2D eigenvalue weighted by molar-refractivity contribution is -0.133. The van der Waals surface area contributed by atoms with Crippen molar-refractivity contribution in [3.05, 3.63) is 65.9 Å². The molecule has 3 heteroatoms. The number of esters is 1. The number of carbonyl (C=O) groups is 1. The van der Waals surface area contributed by atoms with Gasteiger partial charge in [0.2, 0.25) is 0 Å². The van der Waals surface area contributed by atoms with E-state index in [4.69, 9.17) is 4.74 Å². The molecule has 1 aliphatic rings. The average Bonchev–Trinajstić information content (AvgIpc) is 2.97. The normalized spacial score (nSPS) is 17.5. The van der Waals surface area contributed by atoms with Gasteiger partial charge in [-0.3, -0.25) is 4.79 Å². The van der Waals surface area contributed by atoms with Gasteiger partial charge in [0.15, 0.2) is 0 Å². The quantitative estimate of drug-likeness (QED) is 0.531. The Morgan fingerprint density at radius 1 is 1.00 bits per heavy atom. The molecule has 0 aliphatic carbocycles. The third-order valence-corrected chi connectivity index (χ3v) is 3.54. The number of benzene rings is 2. The van der Waals surface area contributed by atoms with Crippen LogP contribution < -0.4 is 4.74 Å². The molecule has 0 fully saturated rings. The van der Waals surface area contributed by atoms with E-state index in [0.29, 0.717) is 5.75 Å². The molecular weight excluding hydrogens is 238 g/mol. The van der Waals surface area contributed by atoms with Crippen molar-refractivity contribution < 1.29 is 9.53 Å². The van der Waals surface area contributed by atoms with Gasteiger partial charge in [0, 0.05) is 16.8 Å². The Kier molecular flexibility index (Phi) is 2.03. The van der Waals surface area contributed by atoms with Gasteiger partial charge in [-0.05, 0) is 23.6 Å². The first kappa shape index (κ1) is 10.4. The van der Waals surface area contributed by atoms with E-state index < -0.39 is 0 Å². The van der Waals surface area contributed by atoms with E-state index in [1.54, 1.807) is 0 Å². The van der Waals surface area contributed by atoms with Crippen LogP contribution in [-0.4, -0.2) is 11.0 Å². The third-order valence-electron chi connectivity index (χ3n) is 3.54. The summed E-state index contributed by atoms with van der Waals surface area (Å²) in [6, 6.07) is 17.6. The van der Waals surface area contributed by atoms with Crippen LogP contribution in [0.3, 0.4) is 0 Å². The molecule has 1 aromatic heterocycles. The molecule has 0 bridgehead atoms. The molecule has 3 nitrogen and oxygen atoms in total. The van der Waals surface area contributed by atoms with Gasteiger partial charge >= 0.3 is 5.97 Å². The van der Waals surface area contributed by atoms with Crippen molar-refractivity contribution in [2.24, 2.45) is 0 Å². The van der Waals surface area contributed by atoms with E-state index in [9.17, 15) is 4.79 Å². The number of hydrogen-bond donors (Lipinski definition) is 1. The second-order valence-corrected chi connectivity index (χ2v) is 4.70. The lowest BCUT2D eigenvalue weighted by Gasteiger charge is -2.03. The number of rotatable bonds is 1. The van der Waals surface area contributed by atoms with E-state index >= 15 is 0 Å². The summed E-state index contributed by atoms with van der Waals surface area (Å²) in [5.74, 6) is 0.104. The number of para-hydroxylation sites is 2. The van der Waals surface area contributed by atoms with E-state index in [1.165, 1.54) is 0 Å². The number of H-pyrrole nitrogens is 1. The first-order chi connectivity index (χ1) is 9.33. The van der Waals surface area contributed by atoms with Crippen molar-refractivity contribution in [3.63, 3.8) is 0 Å². The van der Waals surface area contributed by atoms with Gasteiger partial charge in [-0.2, -0.15) is 0 Å². The highest BCUT2D eigenvalue weighted by Crippen LogP contribution is 2.39. The highest BCUT2D eigenvalue weighted by Gasteiger charge is 2.35. The van der Waals surface area contributed by atoms with Gasteiger partial charge in [-0.25, -0.2) is 0 Å². The molecule has 1 aliphatic heterocycles. The predicted octanol–water partition coefficient (Wildman–Crippen LogP) is 3.22. The van der Waals surface area contributed by atoms with Gasteiger partial charge in [0.25, 0.3) is 0 Å². The van der Waals surface area contributed by atoms with Crippen LogP contribution in [0.1, 0.15) is 17.2 Å². The summed E-state index contributed by atoms with van der Waals surface area (Å²) in [5, 5.41) is 1.11. The van der Waals surface area contributed by atoms with Crippen molar-refractivity contribution in [1.29, 1.82) is 0 Å². The standard InChI is InChI=1S/C16H11NO2/c18-16-15(11-6-2-4-8-14(11)19-16)13-9-10-5-1-3-7-12(10)17-13/h1-9,15,17H. The van der Waals surface area contributed by atoms with Crippen LogP contribution in [0.2, 0.25) is 0 Å². The smallest absolute Gasteiger partial charge is 0.325 e. The fraction of sp³-hybridized carbons (Fsp3) is 0.0625. The molecule has 2 aromatic carbocycles. The van der Waals surface area contributed by atoms with Crippen molar-refractivity contribution in [2.75, 3.05) is 0 Å². The zero-order chi connectivity index (χ0) is 12.8. The number of carbonyl (C=O) groups excluding carboxylic acids is 1. The number of fused-ring (bicyclic) bond motifs is 2. The Morgan fingerprint density at radius 2 is 1.79 bits per heavy atom. The number of hydrogen-bond acceptors (Lipinski definition) is 2. The van der Waals surface area contributed by atoms with Gasteiger partial charge in [0.05, 0.1) is 0 Å². The summed E-state index contributed by atoms with van der Waals surface area (Å²) in [6.07, 6.45) is 0. The van der Waals surface area contributed by atoms with Gasteiger partial charge in [-0.15, -0.1) is 0 Å².